The van der Waals surface area contributed by atoms with Gasteiger partial charge in [0.05, 0.1) is 19.7 Å². The monoisotopic (exact) mass is 282 g/mol. The minimum absolute atomic E-state index is 0.172. The van der Waals surface area contributed by atoms with E-state index in [4.69, 9.17) is 9.63 Å². The lowest BCUT2D eigenvalue weighted by atomic mass is 10.1. The van der Waals surface area contributed by atoms with Crippen molar-refractivity contribution in [2.24, 2.45) is 0 Å². The molecule has 2 aromatic rings. The Balaban J connectivity index is 2.04. The Morgan fingerprint density at radius 1 is 1.25 bits per heavy atom. The standard InChI is InChI=1S/C14H16F2N2O2/c15-14(16)10-18(6-7-19)9-12-8-13(17-20-12)11-4-2-1-3-5-11/h1-5,8,14,19H,6-7,9-10H2. The highest BCUT2D eigenvalue weighted by Gasteiger charge is 2.15. The first-order chi connectivity index (χ1) is 9.69. The summed E-state index contributed by atoms with van der Waals surface area (Å²) in [6, 6.07) is 11.2. The zero-order valence-electron chi connectivity index (χ0n) is 10.9. The van der Waals surface area contributed by atoms with E-state index in [0.29, 0.717) is 11.5 Å². The minimum Gasteiger partial charge on any atom is -0.395 e. The van der Waals surface area contributed by atoms with Crippen molar-refractivity contribution in [3.05, 3.63) is 42.2 Å². The van der Waals surface area contributed by atoms with Gasteiger partial charge in [-0.25, -0.2) is 8.78 Å². The molecule has 0 atom stereocenters. The van der Waals surface area contributed by atoms with Gasteiger partial charge in [-0.05, 0) is 0 Å². The van der Waals surface area contributed by atoms with Gasteiger partial charge in [-0.3, -0.25) is 4.90 Å². The van der Waals surface area contributed by atoms with Crippen LogP contribution < -0.4 is 0 Å². The van der Waals surface area contributed by atoms with Crippen molar-refractivity contribution < 1.29 is 18.4 Å². The first kappa shape index (κ1) is 14.6. The second-order valence-corrected chi connectivity index (χ2v) is 4.39. The van der Waals surface area contributed by atoms with Gasteiger partial charge in [0.1, 0.15) is 5.69 Å². The highest BCUT2D eigenvalue weighted by atomic mass is 19.3. The maximum Gasteiger partial charge on any atom is 0.251 e. The van der Waals surface area contributed by atoms with Gasteiger partial charge in [-0.2, -0.15) is 0 Å². The molecular weight excluding hydrogens is 266 g/mol. The van der Waals surface area contributed by atoms with Crippen molar-refractivity contribution in [1.29, 1.82) is 0 Å². The fourth-order valence-corrected chi connectivity index (χ4v) is 1.92. The van der Waals surface area contributed by atoms with Gasteiger partial charge < -0.3 is 9.63 Å². The molecule has 0 amide bonds. The predicted octanol–water partition coefficient (Wildman–Crippen LogP) is 2.40. The van der Waals surface area contributed by atoms with E-state index >= 15 is 0 Å². The largest absolute Gasteiger partial charge is 0.395 e. The Morgan fingerprint density at radius 3 is 2.65 bits per heavy atom. The molecule has 0 spiro atoms. The quantitative estimate of drug-likeness (QED) is 0.847. The Kier molecular flexibility index (Phi) is 5.20. The third-order valence-electron chi connectivity index (χ3n) is 2.82. The van der Waals surface area contributed by atoms with Crippen LogP contribution in [0.5, 0.6) is 0 Å². The summed E-state index contributed by atoms with van der Waals surface area (Å²) in [4.78, 5) is 1.43. The molecule has 0 aliphatic carbocycles. The molecule has 6 heteroatoms. The highest BCUT2D eigenvalue weighted by molar-refractivity contribution is 5.58. The summed E-state index contributed by atoms with van der Waals surface area (Å²) in [6.45, 7) is -0.204. The van der Waals surface area contributed by atoms with Crippen LogP contribution in [0.4, 0.5) is 8.78 Å². The van der Waals surface area contributed by atoms with Crippen LogP contribution in [-0.2, 0) is 6.54 Å². The molecule has 0 fully saturated rings. The number of alkyl halides is 2. The van der Waals surface area contributed by atoms with Crippen LogP contribution in [-0.4, -0.2) is 41.3 Å². The molecule has 108 valence electrons. The average Bonchev–Trinajstić information content (AvgIpc) is 2.88. The maximum atomic E-state index is 12.4. The zero-order chi connectivity index (χ0) is 14.4. The molecule has 1 aromatic carbocycles. The van der Waals surface area contributed by atoms with Gasteiger partial charge in [-0.15, -0.1) is 0 Å². The van der Waals surface area contributed by atoms with Crippen LogP contribution in [0.15, 0.2) is 40.9 Å². The smallest absolute Gasteiger partial charge is 0.251 e. The fraction of sp³-hybridized carbons (Fsp3) is 0.357. The average molecular weight is 282 g/mol. The van der Waals surface area contributed by atoms with Crippen molar-refractivity contribution in [2.75, 3.05) is 19.7 Å². The van der Waals surface area contributed by atoms with E-state index in [1.165, 1.54) is 4.90 Å². The number of benzene rings is 1. The fourth-order valence-electron chi connectivity index (χ4n) is 1.92. The lowest BCUT2D eigenvalue weighted by Crippen LogP contribution is -2.31. The molecule has 0 aliphatic heterocycles. The van der Waals surface area contributed by atoms with E-state index in [-0.39, 0.29) is 19.7 Å². The summed E-state index contributed by atoms with van der Waals surface area (Å²) in [7, 11) is 0. The Labute approximate surface area is 115 Å². The molecular formula is C14H16F2N2O2. The molecule has 4 nitrogen and oxygen atoms in total. The van der Waals surface area contributed by atoms with Crippen LogP contribution >= 0.6 is 0 Å². The molecule has 0 bridgehead atoms. The number of halogens is 2. The van der Waals surface area contributed by atoms with Crippen LogP contribution in [0.2, 0.25) is 0 Å². The number of hydrogen-bond acceptors (Lipinski definition) is 4. The number of aliphatic hydroxyl groups excluding tert-OH is 1. The molecule has 20 heavy (non-hydrogen) atoms. The summed E-state index contributed by atoms with van der Waals surface area (Å²) in [5.41, 5.74) is 1.58. The summed E-state index contributed by atoms with van der Waals surface area (Å²) >= 11 is 0. The summed E-state index contributed by atoms with van der Waals surface area (Å²) in [6.07, 6.45) is -2.45. The predicted molar refractivity (Wildman–Crippen MR) is 70.3 cm³/mol. The van der Waals surface area contributed by atoms with Crippen LogP contribution in [0, 0.1) is 0 Å². The Hall–Kier alpha value is -1.79. The van der Waals surface area contributed by atoms with E-state index in [2.05, 4.69) is 5.16 Å². The van der Waals surface area contributed by atoms with E-state index in [1.807, 2.05) is 30.3 Å². The number of nitrogens with zero attached hydrogens (tertiary/aromatic N) is 2. The van der Waals surface area contributed by atoms with Crippen molar-refractivity contribution in [3.63, 3.8) is 0 Å². The van der Waals surface area contributed by atoms with Crippen molar-refractivity contribution >= 4 is 0 Å². The molecule has 1 aromatic heterocycles. The normalized spacial score (nSPS) is 11.4. The van der Waals surface area contributed by atoms with Crippen molar-refractivity contribution in [2.45, 2.75) is 13.0 Å². The molecule has 0 radical (unpaired) electrons. The lowest BCUT2D eigenvalue weighted by molar-refractivity contribution is 0.0701. The second-order valence-electron chi connectivity index (χ2n) is 4.39. The first-order valence-corrected chi connectivity index (χ1v) is 6.31. The third kappa shape index (κ3) is 4.11. The number of aliphatic hydroxyl groups is 1. The lowest BCUT2D eigenvalue weighted by Gasteiger charge is -2.18. The van der Waals surface area contributed by atoms with E-state index in [9.17, 15) is 8.78 Å². The van der Waals surface area contributed by atoms with Gasteiger partial charge in [0.25, 0.3) is 6.43 Å². The molecule has 1 heterocycles. The Bertz CT molecular complexity index is 517. The SMILES string of the molecule is OCCN(Cc1cc(-c2ccccc2)no1)CC(F)F. The molecule has 1 N–H and O–H groups in total. The molecule has 0 saturated carbocycles. The van der Waals surface area contributed by atoms with E-state index in [1.54, 1.807) is 6.07 Å². The molecule has 0 saturated heterocycles. The summed E-state index contributed by atoms with van der Waals surface area (Å²) < 4.78 is 30.0. The molecule has 2 rings (SSSR count). The topological polar surface area (TPSA) is 49.5 Å². The van der Waals surface area contributed by atoms with Gasteiger partial charge in [0, 0.05) is 18.2 Å². The highest BCUT2D eigenvalue weighted by Crippen LogP contribution is 2.19. The maximum absolute atomic E-state index is 12.4. The zero-order valence-corrected chi connectivity index (χ0v) is 10.9. The molecule has 0 aliphatic rings. The molecule has 0 unspecified atom stereocenters. The summed E-state index contributed by atoms with van der Waals surface area (Å²) in [5, 5.41) is 12.8. The third-order valence-corrected chi connectivity index (χ3v) is 2.82. The van der Waals surface area contributed by atoms with Gasteiger partial charge in [-0.1, -0.05) is 35.5 Å². The number of hydrogen-bond donors (Lipinski definition) is 1. The first-order valence-electron chi connectivity index (χ1n) is 6.31. The van der Waals surface area contributed by atoms with Gasteiger partial charge in [0.2, 0.25) is 0 Å². The van der Waals surface area contributed by atoms with Gasteiger partial charge in [0.15, 0.2) is 5.76 Å². The van der Waals surface area contributed by atoms with Crippen LogP contribution in [0.3, 0.4) is 0 Å². The summed E-state index contributed by atoms with van der Waals surface area (Å²) in [5.74, 6) is 0.498. The van der Waals surface area contributed by atoms with E-state index in [0.717, 1.165) is 5.56 Å². The van der Waals surface area contributed by atoms with Crippen molar-refractivity contribution in [1.82, 2.24) is 10.1 Å². The number of rotatable bonds is 7. The van der Waals surface area contributed by atoms with E-state index < -0.39 is 13.0 Å². The number of aromatic nitrogens is 1. The van der Waals surface area contributed by atoms with Crippen LogP contribution in [0.25, 0.3) is 11.3 Å². The Morgan fingerprint density at radius 2 is 2.00 bits per heavy atom. The minimum atomic E-state index is -2.45. The second kappa shape index (κ2) is 7.12. The van der Waals surface area contributed by atoms with Gasteiger partial charge >= 0.3 is 0 Å². The van der Waals surface area contributed by atoms with Crippen LogP contribution in [0.1, 0.15) is 5.76 Å². The van der Waals surface area contributed by atoms with Crippen molar-refractivity contribution in [3.8, 4) is 11.3 Å².